The van der Waals surface area contributed by atoms with Crippen molar-refractivity contribution in [3.8, 4) is 0 Å². The van der Waals surface area contributed by atoms with Crippen LogP contribution < -0.4 is 10.0 Å². The van der Waals surface area contributed by atoms with Crippen LogP contribution in [0, 0.1) is 6.92 Å². The average molecular weight is 394 g/mol. The van der Waals surface area contributed by atoms with E-state index in [0.29, 0.717) is 11.4 Å². The molecule has 0 atom stereocenters. The molecule has 2 heterocycles. The Labute approximate surface area is 157 Å². The minimum atomic E-state index is -3.41. The van der Waals surface area contributed by atoms with E-state index in [4.69, 9.17) is 0 Å². The first-order valence-corrected chi connectivity index (χ1v) is 10.9. The van der Waals surface area contributed by atoms with Crippen LogP contribution in [0.4, 0.5) is 5.95 Å². The SMILES string of the molecule is Cc1ccccc1S(=O)(=O)NCCCCCCNc1nsc2nccn12. The summed E-state index contributed by atoms with van der Waals surface area (Å²) >= 11 is 1.37. The topological polar surface area (TPSA) is 88.4 Å². The zero-order valence-corrected chi connectivity index (χ0v) is 16.3. The Bertz CT molecular complexity index is 949. The van der Waals surface area contributed by atoms with E-state index >= 15 is 0 Å². The second-order valence-corrected chi connectivity index (χ2v) is 8.56. The normalized spacial score (nSPS) is 11.9. The van der Waals surface area contributed by atoms with Gasteiger partial charge in [-0.1, -0.05) is 31.0 Å². The summed E-state index contributed by atoms with van der Waals surface area (Å²) < 4.78 is 33.5. The van der Waals surface area contributed by atoms with Gasteiger partial charge >= 0.3 is 0 Å². The van der Waals surface area contributed by atoms with Gasteiger partial charge in [0.05, 0.1) is 4.90 Å². The molecule has 0 bridgehead atoms. The van der Waals surface area contributed by atoms with Gasteiger partial charge in [0.2, 0.25) is 20.9 Å². The smallest absolute Gasteiger partial charge is 0.240 e. The zero-order valence-electron chi connectivity index (χ0n) is 14.7. The maximum absolute atomic E-state index is 12.3. The van der Waals surface area contributed by atoms with Crippen molar-refractivity contribution in [2.45, 2.75) is 37.5 Å². The van der Waals surface area contributed by atoms with Crippen LogP contribution in [-0.4, -0.2) is 35.3 Å². The molecule has 0 spiro atoms. The van der Waals surface area contributed by atoms with E-state index in [-0.39, 0.29) is 0 Å². The molecule has 3 rings (SSSR count). The third-order valence-corrected chi connectivity index (χ3v) is 6.46. The van der Waals surface area contributed by atoms with Crippen molar-refractivity contribution < 1.29 is 8.42 Å². The summed E-state index contributed by atoms with van der Waals surface area (Å²) in [6, 6.07) is 7.03. The number of nitrogens with zero attached hydrogens (tertiary/aromatic N) is 3. The lowest BCUT2D eigenvalue weighted by Gasteiger charge is -2.09. The number of unbranched alkanes of at least 4 members (excludes halogenated alkanes) is 3. The Hall–Kier alpha value is -1.97. The monoisotopic (exact) mass is 393 g/mol. The van der Waals surface area contributed by atoms with Crippen LogP contribution in [0.1, 0.15) is 31.2 Å². The number of anilines is 1. The van der Waals surface area contributed by atoms with Crippen LogP contribution in [0.2, 0.25) is 0 Å². The molecule has 0 amide bonds. The number of aryl methyl sites for hydroxylation is 1. The Morgan fingerprint density at radius 2 is 1.88 bits per heavy atom. The van der Waals surface area contributed by atoms with Crippen LogP contribution >= 0.6 is 11.5 Å². The summed E-state index contributed by atoms with van der Waals surface area (Å²) in [4.78, 5) is 5.43. The van der Waals surface area contributed by atoms with Crippen molar-refractivity contribution in [2.24, 2.45) is 0 Å². The van der Waals surface area contributed by atoms with Crippen LogP contribution in [0.25, 0.3) is 4.96 Å². The van der Waals surface area contributed by atoms with Gasteiger partial charge < -0.3 is 5.32 Å². The average Bonchev–Trinajstić information content (AvgIpc) is 3.22. The highest BCUT2D eigenvalue weighted by atomic mass is 32.2. The van der Waals surface area contributed by atoms with E-state index in [2.05, 4.69) is 19.4 Å². The maximum atomic E-state index is 12.3. The fourth-order valence-electron chi connectivity index (χ4n) is 2.71. The van der Waals surface area contributed by atoms with E-state index < -0.39 is 10.0 Å². The number of hydrogen-bond donors (Lipinski definition) is 2. The lowest BCUT2D eigenvalue weighted by molar-refractivity contribution is 0.572. The Morgan fingerprint density at radius 1 is 1.12 bits per heavy atom. The van der Waals surface area contributed by atoms with Crippen molar-refractivity contribution in [3.63, 3.8) is 0 Å². The molecule has 140 valence electrons. The highest BCUT2D eigenvalue weighted by molar-refractivity contribution is 7.89. The fourth-order valence-corrected chi connectivity index (χ4v) is 4.69. The number of aromatic nitrogens is 3. The molecule has 9 heteroatoms. The molecule has 2 N–H and O–H groups in total. The van der Waals surface area contributed by atoms with Crippen molar-refractivity contribution in [1.29, 1.82) is 0 Å². The van der Waals surface area contributed by atoms with Gasteiger partial charge in [-0.25, -0.2) is 18.1 Å². The highest BCUT2D eigenvalue weighted by Crippen LogP contribution is 2.15. The molecule has 7 nitrogen and oxygen atoms in total. The Kier molecular flexibility index (Phi) is 6.23. The molecule has 0 radical (unpaired) electrons. The summed E-state index contributed by atoms with van der Waals surface area (Å²) in [5.41, 5.74) is 0.764. The minimum absolute atomic E-state index is 0.360. The van der Waals surface area contributed by atoms with Gasteiger partial charge in [-0.05, 0) is 31.4 Å². The molecule has 0 unspecified atom stereocenters. The van der Waals surface area contributed by atoms with Gasteiger partial charge in [-0.15, -0.1) is 0 Å². The second kappa shape index (κ2) is 8.61. The maximum Gasteiger partial charge on any atom is 0.240 e. The summed E-state index contributed by atoms with van der Waals surface area (Å²) in [5.74, 6) is 0.827. The first-order chi connectivity index (χ1) is 12.6. The molecule has 0 aliphatic carbocycles. The van der Waals surface area contributed by atoms with E-state index in [1.807, 2.05) is 29.7 Å². The summed E-state index contributed by atoms with van der Waals surface area (Å²) in [7, 11) is -3.41. The molecule has 0 fully saturated rings. The third-order valence-electron chi connectivity index (χ3n) is 4.11. The Morgan fingerprint density at radius 3 is 2.69 bits per heavy atom. The Balaban J connectivity index is 1.31. The lowest BCUT2D eigenvalue weighted by atomic mass is 10.2. The number of benzene rings is 1. The standard InChI is InChI=1S/C17H23N5O2S2/c1-14-8-4-5-9-15(14)26(23,24)20-11-7-3-2-6-10-18-16-21-25-17-19-12-13-22(16)17/h4-5,8-9,12-13,20H,2-3,6-7,10-11H2,1H3,(H,18,21). The van der Waals surface area contributed by atoms with Crippen LogP contribution in [0.5, 0.6) is 0 Å². The summed E-state index contributed by atoms with van der Waals surface area (Å²) in [6.07, 6.45) is 7.51. The van der Waals surface area contributed by atoms with Crippen molar-refractivity contribution in [1.82, 2.24) is 18.5 Å². The predicted octanol–water partition coefficient (Wildman–Crippen LogP) is 3.05. The van der Waals surface area contributed by atoms with Crippen LogP contribution in [-0.2, 0) is 10.0 Å². The number of imidazole rings is 1. The van der Waals surface area contributed by atoms with Crippen molar-refractivity contribution in [2.75, 3.05) is 18.4 Å². The molecular formula is C17H23N5O2S2. The number of rotatable bonds is 10. The molecule has 0 saturated carbocycles. The van der Waals surface area contributed by atoms with E-state index in [0.717, 1.165) is 48.7 Å². The number of nitrogens with one attached hydrogen (secondary N) is 2. The zero-order chi connectivity index (χ0) is 18.4. The molecule has 0 saturated heterocycles. The third kappa shape index (κ3) is 4.60. The molecule has 2 aromatic heterocycles. The van der Waals surface area contributed by atoms with Gasteiger partial charge in [-0.3, -0.25) is 4.40 Å². The molecule has 0 aliphatic heterocycles. The molecular weight excluding hydrogens is 370 g/mol. The van der Waals surface area contributed by atoms with Gasteiger partial charge in [-0.2, -0.15) is 4.37 Å². The second-order valence-electron chi connectivity index (χ2n) is 6.09. The highest BCUT2D eigenvalue weighted by Gasteiger charge is 2.14. The number of hydrogen-bond acceptors (Lipinski definition) is 6. The molecule has 26 heavy (non-hydrogen) atoms. The number of sulfonamides is 1. The van der Waals surface area contributed by atoms with Crippen LogP contribution in [0.3, 0.4) is 0 Å². The quantitative estimate of drug-likeness (QED) is 0.517. The van der Waals surface area contributed by atoms with Gasteiger partial charge in [0.15, 0.2) is 0 Å². The first kappa shape index (κ1) is 18.8. The minimum Gasteiger partial charge on any atom is -0.355 e. The first-order valence-electron chi connectivity index (χ1n) is 8.66. The lowest BCUT2D eigenvalue weighted by Crippen LogP contribution is -2.25. The molecule has 1 aromatic carbocycles. The van der Waals surface area contributed by atoms with Gasteiger partial charge in [0.1, 0.15) is 0 Å². The van der Waals surface area contributed by atoms with E-state index in [1.165, 1.54) is 11.5 Å². The summed E-state index contributed by atoms with van der Waals surface area (Å²) in [6.45, 7) is 3.11. The van der Waals surface area contributed by atoms with Crippen LogP contribution in [0.15, 0.2) is 41.6 Å². The van der Waals surface area contributed by atoms with Crippen molar-refractivity contribution in [3.05, 3.63) is 42.2 Å². The molecule has 0 aliphatic rings. The van der Waals surface area contributed by atoms with Gasteiger partial charge in [0, 0.05) is 37.0 Å². The van der Waals surface area contributed by atoms with E-state index in [1.54, 1.807) is 18.3 Å². The predicted molar refractivity (Wildman–Crippen MR) is 104 cm³/mol. The fraction of sp³-hybridized carbons (Fsp3) is 0.412. The van der Waals surface area contributed by atoms with Gasteiger partial charge in [0.25, 0.3) is 0 Å². The molecule has 3 aromatic rings. The van der Waals surface area contributed by atoms with E-state index in [9.17, 15) is 8.42 Å². The largest absolute Gasteiger partial charge is 0.355 e. The number of fused-ring (bicyclic) bond motifs is 1. The van der Waals surface area contributed by atoms with Crippen molar-refractivity contribution >= 4 is 32.5 Å². The summed E-state index contributed by atoms with van der Waals surface area (Å²) in [5, 5.41) is 3.31.